The number of halogens is 1. The summed E-state index contributed by atoms with van der Waals surface area (Å²) in [6.07, 6.45) is -0.179. The number of carboxylic acid groups (broad SMARTS) is 1. The molecule has 1 unspecified atom stereocenters. The average molecular weight is 503 g/mol. The van der Waals surface area contributed by atoms with E-state index in [1.165, 1.54) is 19.1 Å². The summed E-state index contributed by atoms with van der Waals surface area (Å²) in [6, 6.07) is 18.1. The Balaban J connectivity index is 1.78. The van der Waals surface area contributed by atoms with Crippen molar-refractivity contribution in [3.05, 3.63) is 89.2 Å². The SMILES string of the molecule is CNCCN(C(C)=O)c1ccc(N=C(c2cccc(CC(=O)O)c2)C2C(=O)Nc3cc(F)ccc32)cc1. The number of carbonyl (C=O) groups is 3. The molecule has 0 saturated carbocycles. The van der Waals surface area contributed by atoms with E-state index >= 15 is 0 Å². The van der Waals surface area contributed by atoms with Crippen molar-refractivity contribution in [2.45, 2.75) is 19.3 Å². The molecule has 0 aromatic heterocycles. The van der Waals surface area contributed by atoms with Crippen molar-refractivity contribution < 1.29 is 23.9 Å². The molecular weight excluding hydrogens is 475 g/mol. The lowest BCUT2D eigenvalue weighted by Crippen LogP contribution is -2.34. The highest BCUT2D eigenvalue weighted by Gasteiger charge is 2.35. The number of carboxylic acids is 1. The first kappa shape index (κ1) is 25.7. The minimum absolute atomic E-state index is 0.0890. The topological polar surface area (TPSA) is 111 Å². The predicted molar refractivity (Wildman–Crippen MR) is 140 cm³/mol. The van der Waals surface area contributed by atoms with Gasteiger partial charge in [-0.15, -0.1) is 0 Å². The van der Waals surface area contributed by atoms with Crippen molar-refractivity contribution in [2.24, 2.45) is 4.99 Å². The van der Waals surface area contributed by atoms with Gasteiger partial charge in [0, 0.05) is 31.4 Å². The molecule has 0 saturated heterocycles. The lowest BCUT2D eigenvalue weighted by molar-refractivity contribution is -0.136. The fourth-order valence-electron chi connectivity index (χ4n) is 4.36. The third-order valence-electron chi connectivity index (χ3n) is 6.07. The fraction of sp³-hybridized carbons (Fsp3) is 0.214. The molecule has 2 amide bonds. The Morgan fingerprint density at radius 2 is 1.86 bits per heavy atom. The quantitative estimate of drug-likeness (QED) is 0.385. The molecule has 0 radical (unpaired) electrons. The zero-order chi connectivity index (χ0) is 26.5. The second-order valence-electron chi connectivity index (χ2n) is 8.71. The number of carbonyl (C=O) groups excluding carboxylic acids is 2. The van der Waals surface area contributed by atoms with E-state index in [4.69, 9.17) is 4.99 Å². The van der Waals surface area contributed by atoms with Crippen molar-refractivity contribution in [3.8, 4) is 0 Å². The van der Waals surface area contributed by atoms with Crippen LogP contribution in [0, 0.1) is 5.82 Å². The van der Waals surface area contributed by atoms with Gasteiger partial charge in [0.15, 0.2) is 0 Å². The highest BCUT2D eigenvalue weighted by molar-refractivity contribution is 6.24. The van der Waals surface area contributed by atoms with Crippen LogP contribution in [0.3, 0.4) is 0 Å². The average Bonchev–Trinajstić information content (AvgIpc) is 3.17. The Labute approximate surface area is 213 Å². The van der Waals surface area contributed by atoms with Crippen LogP contribution >= 0.6 is 0 Å². The van der Waals surface area contributed by atoms with Gasteiger partial charge in [0.1, 0.15) is 11.7 Å². The maximum atomic E-state index is 13.8. The van der Waals surface area contributed by atoms with Crippen molar-refractivity contribution in [1.82, 2.24) is 5.32 Å². The lowest BCUT2D eigenvalue weighted by atomic mass is 9.89. The third-order valence-corrected chi connectivity index (χ3v) is 6.07. The molecule has 3 aromatic carbocycles. The van der Waals surface area contributed by atoms with E-state index in [1.807, 2.05) is 7.05 Å². The zero-order valence-corrected chi connectivity index (χ0v) is 20.5. The van der Waals surface area contributed by atoms with Crippen LogP contribution in [0.25, 0.3) is 0 Å². The molecule has 3 N–H and O–H groups in total. The van der Waals surface area contributed by atoms with Gasteiger partial charge in [0.25, 0.3) is 0 Å². The van der Waals surface area contributed by atoms with Gasteiger partial charge in [-0.05, 0) is 66.2 Å². The fourth-order valence-corrected chi connectivity index (χ4v) is 4.36. The summed E-state index contributed by atoms with van der Waals surface area (Å²) in [4.78, 5) is 42.9. The van der Waals surface area contributed by atoms with Crippen LogP contribution in [0.4, 0.5) is 21.5 Å². The summed E-state index contributed by atoms with van der Waals surface area (Å²) < 4.78 is 13.8. The molecular formula is C28H27FN4O4. The van der Waals surface area contributed by atoms with Crippen molar-refractivity contribution in [3.63, 3.8) is 0 Å². The Morgan fingerprint density at radius 1 is 1.11 bits per heavy atom. The molecule has 1 aliphatic heterocycles. The number of fused-ring (bicyclic) bond motifs is 1. The molecule has 1 heterocycles. The number of anilines is 2. The number of hydrogen-bond acceptors (Lipinski definition) is 5. The Morgan fingerprint density at radius 3 is 2.54 bits per heavy atom. The molecule has 3 aromatic rings. The van der Waals surface area contributed by atoms with E-state index < -0.39 is 17.7 Å². The van der Waals surface area contributed by atoms with Gasteiger partial charge >= 0.3 is 5.97 Å². The number of benzene rings is 3. The number of amides is 2. The van der Waals surface area contributed by atoms with Gasteiger partial charge in [0.05, 0.1) is 17.8 Å². The van der Waals surface area contributed by atoms with E-state index in [9.17, 15) is 23.9 Å². The Bertz CT molecular complexity index is 1370. The van der Waals surface area contributed by atoms with E-state index in [2.05, 4.69) is 10.6 Å². The molecule has 4 rings (SSSR count). The minimum Gasteiger partial charge on any atom is -0.481 e. The highest BCUT2D eigenvalue weighted by Crippen LogP contribution is 2.37. The van der Waals surface area contributed by atoms with Crippen LogP contribution in [0.2, 0.25) is 0 Å². The van der Waals surface area contributed by atoms with Gasteiger partial charge < -0.3 is 20.6 Å². The maximum absolute atomic E-state index is 13.8. The van der Waals surface area contributed by atoms with Crippen molar-refractivity contribution >= 4 is 40.6 Å². The standard InChI is InChI=1S/C28H27FN4O4/c1-17(34)33(13-12-30-2)22-9-7-21(8-10-22)31-27(19-5-3-4-18(14-19)15-25(35)36)26-23-11-6-20(29)16-24(23)32-28(26)37/h3-11,14,16,26,30H,12-13,15H2,1-2H3,(H,32,37)(H,35,36). The smallest absolute Gasteiger partial charge is 0.307 e. The molecule has 1 atom stereocenters. The zero-order valence-electron chi connectivity index (χ0n) is 20.5. The molecule has 37 heavy (non-hydrogen) atoms. The number of nitrogens with zero attached hydrogens (tertiary/aromatic N) is 2. The summed E-state index contributed by atoms with van der Waals surface area (Å²) in [6.45, 7) is 2.64. The van der Waals surface area contributed by atoms with Gasteiger partial charge in [0.2, 0.25) is 11.8 Å². The molecule has 8 nitrogen and oxygen atoms in total. The molecule has 0 bridgehead atoms. The van der Waals surface area contributed by atoms with E-state index in [0.717, 1.165) is 0 Å². The van der Waals surface area contributed by atoms with Crippen molar-refractivity contribution in [1.29, 1.82) is 0 Å². The summed E-state index contributed by atoms with van der Waals surface area (Å²) in [7, 11) is 1.81. The van der Waals surface area contributed by atoms with Gasteiger partial charge in [-0.25, -0.2) is 4.39 Å². The van der Waals surface area contributed by atoms with Crippen LogP contribution in [0.1, 0.15) is 29.5 Å². The molecule has 0 aliphatic carbocycles. The number of nitrogens with one attached hydrogen (secondary N) is 2. The Hall–Kier alpha value is -4.37. The number of aliphatic carboxylic acids is 1. The molecule has 9 heteroatoms. The summed E-state index contributed by atoms with van der Waals surface area (Å²) in [5, 5.41) is 15.0. The van der Waals surface area contributed by atoms with Gasteiger partial charge in [-0.1, -0.05) is 24.3 Å². The summed E-state index contributed by atoms with van der Waals surface area (Å²) >= 11 is 0. The second kappa shape index (κ2) is 11.1. The van der Waals surface area contributed by atoms with Crippen LogP contribution in [-0.4, -0.2) is 48.7 Å². The number of rotatable bonds is 9. The number of hydrogen-bond donors (Lipinski definition) is 3. The molecule has 190 valence electrons. The minimum atomic E-state index is -0.973. The van der Waals surface area contributed by atoms with E-state index in [1.54, 1.807) is 59.5 Å². The van der Waals surface area contributed by atoms with Crippen LogP contribution in [0.5, 0.6) is 0 Å². The first-order valence-corrected chi connectivity index (χ1v) is 11.8. The largest absolute Gasteiger partial charge is 0.481 e. The first-order chi connectivity index (χ1) is 17.8. The van der Waals surface area contributed by atoms with E-state index in [0.29, 0.717) is 52.6 Å². The first-order valence-electron chi connectivity index (χ1n) is 11.8. The Kier molecular flexibility index (Phi) is 7.74. The van der Waals surface area contributed by atoms with Crippen LogP contribution < -0.4 is 15.5 Å². The summed E-state index contributed by atoms with van der Waals surface area (Å²) in [5.41, 5.74) is 3.77. The van der Waals surface area contributed by atoms with E-state index in [-0.39, 0.29) is 18.2 Å². The molecule has 1 aliphatic rings. The monoisotopic (exact) mass is 502 g/mol. The number of likely N-dealkylation sites (N-methyl/N-ethyl adjacent to an activating group) is 1. The summed E-state index contributed by atoms with van der Waals surface area (Å²) in [5.74, 6) is -2.70. The highest BCUT2D eigenvalue weighted by atomic mass is 19.1. The van der Waals surface area contributed by atoms with Gasteiger partial charge in [-0.3, -0.25) is 19.4 Å². The third kappa shape index (κ3) is 5.90. The maximum Gasteiger partial charge on any atom is 0.307 e. The van der Waals surface area contributed by atoms with Crippen LogP contribution in [0.15, 0.2) is 71.7 Å². The molecule has 0 fully saturated rings. The van der Waals surface area contributed by atoms with Gasteiger partial charge in [-0.2, -0.15) is 0 Å². The molecule has 0 spiro atoms. The van der Waals surface area contributed by atoms with Crippen LogP contribution in [-0.2, 0) is 20.8 Å². The predicted octanol–water partition coefficient (Wildman–Crippen LogP) is 3.88. The second-order valence-corrected chi connectivity index (χ2v) is 8.71. The lowest BCUT2D eigenvalue weighted by Gasteiger charge is -2.21. The van der Waals surface area contributed by atoms with Crippen molar-refractivity contribution in [2.75, 3.05) is 30.4 Å². The number of aliphatic imine (C=N–C) groups is 1. The normalized spacial score (nSPS) is 14.7.